The molecule has 0 N–H and O–H groups in total. The van der Waals surface area contributed by atoms with Crippen LogP contribution < -0.4 is 4.43 Å². The highest BCUT2D eigenvalue weighted by atomic mass is 35.5. The van der Waals surface area contributed by atoms with Crippen LogP contribution in [-0.4, -0.2) is 27.5 Å². The molecule has 5 heteroatoms. The summed E-state index contributed by atoms with van der Waals surface area (Å²) in [4.78, 5) is 12.1. The fourth-order valence-corrected chi connectivity index (χ4v) is 2.66. The van der Waals surface area contributed by atoms with Gasteiger partial charge in [-0.05, 0) is 30.1 Å². The van der Waals surface area contributed by atoms with Crippen LogP contribution in [0.15, 0.2) is 18.2 Å². The number of alkyl halides is 1. The van der Waals surface area contributed by atoms with Gasteiger partial charge in [-0.3, -0.25) is 0 Å². The zero-order chi connectivity index (χ0) is 15.3. The Hall–Kier alpha value is -1.00. The van der Waals surface area contributed by atoms with Gasteiger partial charge in [-0.15, -0.1) is 11.6 Å². The quantitative estimate of drug-likeness (QED) is 0.472. The molecule has 0 fully saturated rings. The zero-order valence-corrected chi connectivity index (χ0v) is 14.7. The molecule has 0 saturated heterocycles. The van der Waals surface area contributed by atoms with Crippen molar-refractivity contribution >= 4 is 26.6 Å². The van der Waals surface area contributed by atoms with Gasteiger partial charge in [-0.25, -0.2) is 4.79 Å². The van der Waals surface area contributed by atoms with Gasteiger partial charge in [0, 0.05) is 0 Å². The fraction of sp³-hybridized carbons (Fsp3) is 0.533. The molecule has 1 rings (SSSR count). The summed E-state index contributed by atoms with van der Waals surface area (Å²) in [7, 11) is -1.33. The molecule has 0 aliphatic carbocycles. The molecule has 0 bridgehead atoms. The summed E-state index contributed by atoms with van der Waals surface area (Å²) in [6.07, 6.45) is 0. The highest BCUT2D eigenvalue weighted by molar-refractivity contribution is 6.49. The lowest BCUT2D eigenvalue weighted by atomic mass is 9.85. The molecule has 0 aliphatic heterocycles. The topological polar surface area (TPSA) is 35.5 Å². The van der Waals surface area contributed by atoms with Crippen molar-refractivity contribution in [1.29, 1.82) is 0 Å². The molecule has 0 aliphatic rings. The first-order valence-corrected chi connectivity index (χ1v) is 10.1. The minimum absolute atomic E-state index is 0.0958. The van der Waals surface area contributed by atoms with E-state index in [9.17, 15) is 4.79 Å². The summed E-state index contributed by atoms with van der Waals surface area (Å²) in [5.74, 6) is 0.586. The third-order valence-electron chi connectivity index (χ3n) is 2.71. The van der Waals surface area contributed by atoms with Crippen molar-refractivity contribution in [1.82, 2.24) is 0 Å². The summed E-state index contributed by atoms with van der Waals surface area (Å²) >= 11 is 5.56. The summed E-state index contributed by atoms with van der Waals surface area (Å²) in [6.45, 7) is 10.7. The highest BCUT2D eigenvalue weighted by Crippen LogP contribution is 2.34. The Labute approximate surface area is 128 Å². The van der Waals surface area contributed by atoms with Gasteiger partial charge < -0.3 is 9.16 Å². The molecule has 0 aromatic heterocycles. The maximum atomic E-state index is 12.1. The Morgan fingerprint density at radius 1 is 1.30 bits per heavy atom. The number of rotatable bonds is 5. The van der Waals surface area contributed by atoms with Crippen molar-refractivity contribution in [3.05, 3.63) is 29.3 Å². The molecule has 0 spiro atoms. The van der Waals surface area contributed by atoms with Crippen LogP contribution >= 0.6 is 11.6 Å². The minimum Gasteiger partial charge on any atom is -0.546 e. The molecule has 112 valence electrons. The van der Waals surface area contributed by atoms with E-state index in [1.807, 2.05) is 12.1 Å². The van der Waals surface area contributed by atoms with E-state index in [-0.39, 0.29) is 18.0 Å². The highest BCUT2D eigenvalue weighted by Gasteiger charge is 2.25. The lowest BCUT2D eigenvalue weighted by molar-refractivity contribution is 0.0527. The number of carbonyl (C=O) groups excluding carboxylic acids is 1. The number of halogens is 1. The van der Waals surface area contributed by atoms with E-state index in [0.717, 1.165) is 5.56 Å². The zero-order valence-electron chi connectivity index (χ0n) is 12.8. The van der Waals surface area contributed by atoms with Crippen molar-refractivity contribution in [2.75, 3.05) is 12.5 Å². The average Bonchev–Trinajstić information content (AvgIpc) is 2.34. The van der Waals surface area contributed by atoms with Gasteiger partial charge in [0.2, 0.25) is 9.04 Å². The van der Waals surface area contributed by atoms with E-state index in [1.54, 1.807) is 6.07 Å². The summed E-state index contributed by atoms with van der Waals surface area (Å²) in [6, 6.07) is 5.62. The first kappa shape index (κ1) is 17.0. The molecule has 0 amide bonds. The molecule has 0 saturated carbocycles. The number of carbonyl (C=O) groups is 1. The van der Waals surface area contributed by atoms with Gasteiger partial charge in [-0.2, -0.15) is 0 Å². The molecule has 20 heavy (non-hydrogen) atoms. The van der Waals surface area contributed by atoms with E-state index in [4.69, 9.17) is 20.8 Å². The minimum atomic E-state index is -1.33. The van der Waals surface area contributed by atoms with Crippen LogP contribution in [0.2, 0.25) is 13.1 Å². The Morgan fingerprint density at radius 2 is 1.95 bits per heavy atom. The molecule has 3 nitrogen and oxygen atoms in total. The Bertz CT molecular complexity index is 467. The van der Waals surface area contributed by atoms with Gasteiger partial charge in [-0.1, -0.05) is 32.9 Å². The number of benzene rings is 1. The van der Waals surface area contributed by atoms with Crippen LogP contribution in [0.5, 0.6) is 5.75 Å². The van der Waals surface area contributed by atoms with Crippen molar-refractivity contribution in [3.8, 4) is 5.75 Å². The van der Waals surface area contributed by atoms with Crippen LogP contribution in [0, 0.1) is 0 Å². The largest absolute Gasteiger partial charge is 0.546 e. The van der Waals surface area contributed by atoms with Crippen molar-refractivity contribution in [2.45, 2.75) is 39.3 Å². The maximum Gasteiger partial charge on any atom is 0.341 e. The second-order valence-corrected chi connectivity index (χ2v) is 8.63. The predicted molar refractivity (Wildman–Crippen MR) is 85.6 cm³/mol. The van der Waals surface area contributed by atoms with Crippen LogP contribution in [0.25, 0.3) is 0 Å². The molecule has 0 atom stereocenters. The monoisotopic (exact) mass is 314 g/mol. The van der Waals surface area contributed by atoms with Crippen LogP contribution in [-0.2, 0) is 10.2 Å². The van der Waals surface area contributed by atoms with Gasteiger partial charge in [0.15, 0.2) is 0 Å². The van der Waals surface area contributed by atoms with Gasteiger partial charge in [0.05, 0.1) is 5.88 Å². The van der Waals surface area contributed by atoms with Gasteiger partial charge in [0.25, 0.3) is 0 Å². The maximum absolute atomic E-state index is 12.1. The lowest BCUT2D eigenvalue weighted by Gasteiger charge is -2.25. The first-order valence-electron chi connectivity index (χ1n) is 6.80. The first-order chi connectivity index (χ1) is 9.27. The molecular formula is C15H23ClO3Si. The number of esters is 1. The van der Waals surface area contributed by atoms with Crippen molar-refractivity contribution in [3.63, 3.8) is 0 Å². The van der Waals surface area contributed by atoms with E-state index in [1.165, 1.54) is 0 Å². The fourth-order valence-electron chi connectivity index (χ4n) is 1.86. The van der Waals surface area contributed by atoms with Crippen LogP contribution in [0.1, 0.15) is 36.7 Å². The smallest absolute Gasteiger partial charge is 0.341 e. The van der Waals surface area contributed by atoms with Crippen LogP contribution in [0.3, 0.4) is 0 Å². The lowest BCUT2D eigenvalue weighted by Crippen LogP contribution is -2.21. The van der Waals surface area contributed by atoms with Crippen molar-refractivity contribution in [2.24, 2.45) is 0 Å². The Kier molecular flexibility index (Phi) is 6.08. The van der Waals surface area contributed by atoms with E-state index in [0.29, 0.717) is 17.2 Å². The molecule has 0 radical (unpaired) electrons. The molecule has 1 aromatic carbocycles. The van der Waals surface area contributed by atoms with E-state index < -0.39 is 9.04 Å². The number of ether oxygens (including phenoxy) is 1. The number of para-hydroxylation sites is 1. The Balaban J connectivity index is 3.25. The Morgan fingerprint density at radius 3 is 2.45 bits per heavy atom. The summed E-state index contributed by atoms with van der Waals surface area (Å²) in [5, 5.41) is 0. The summed E-state index contributed by atoms with van der Waals surface area (Å²) < 4.78 is 11.1. The third kappa shape index (κ3) is 4.53. The second-order valence-electron chi connectivity index (χ2n) is 5.92. The third-order valence-corrected chi connectivity index (χ3v) is 3.57. The van der Waals surface area contributed by atoms with Crippen LogP contribution in [0.4, 0.5) is 0 Å². The predicted octanol–water partition coefficient (Wildman–Crippen LogP) is 3.74. The van der Waals surface area contributed by atoms with E-state index >= 15 is 0 Å². The normalized spacial score (nSPS) is 11.6. The second kappa shape index (κ2) is 7.13. The standard InChI is InChI=1S/C15H23ClO3Si/c1-15(2,3)12-8-6-7-11(13(12)19-20(4)5)14(17)18-10-9-16/h6-8,20H,9-10H2,1-5H3. The SMILES string of the molecule is C[SiH](C)Oc1c(C(=O)OCCCl)cccc1C(C)(C)C. The van der Waals surface area contributed by atoms with Gasteiger partial charge in [0.1, 0.15) is 17.9 Å². The molecule has 0 heterocycles. The average molecular weight is 315 g/mol. The van der Waals surface area contributed by atoms with E-state index in [2.05, 4.69) is 33.9 Å². The number of hydrogen-bond donors (Lipinski definition) is 0. The molecule has 0 unspecified atom stereocenters. The molecule has 1 aromatic rings. The summed E-state index contributed by atoms with van der Waals surface area (Å²) in [5.41, 5.74) is 1.42. The van der Waals surface area contributed by atoms with Gasteiger partial charge >= 0.3 is 5.97 Å². The number of hydrogen-bond acceptors (Lipinski definition) is 3. The molecular weight excluding hydrogens is 292 g/mol. The van der Waals surface area contributed by atoms with Crippen molar-refractivity contribution < 1.29 is 14.0 Å².